The highest BCUT2D eigenvalue weighted by Gasteiger charge is 2.10. The molecule has 1 aromatic carbocycles. The number of nitrogens with one attached hydrogen (secondary N) is 1. The molecule has 1 aromatic heterocycles. The number of nitrogens with zero attached hydrogens (tertiary/aromatic N) is 2. The second-order valence-corrected chi connectivity index (χ2v) is 4.26. The van der Waals surface area contributed by atoms with Crippen molar-refractivity contribution in [1.29, 1.82) is 0 Å². The van der Waals surface area contributed by atoms with E-state index in [1.807, 2.05) is 6.92 Å². The monoisotopic (exact) mass is 276 g/mol. The molecule has 106 valence electrons. The van der Waals surface area contributed by atoms with Crippen molar-refractivity contribution in [2.45, 2.75) is 19.9 Å². The van der Waals surface area contributed by atoms with E-state index in [0.29, 0.717) is 30.1 Å². The van der Waals surface area contributed by atoms with E-state index in [-0.39, 0.29) is 5.82 Å². The Morgan fingerprint density at radius 1 is 1.35 bits per heavy atom. The lowest BCUT2D eigenvalue weighted by Crippen LogP contribution is -2.08. The van der Waals surface area contributed by atoms with Gasteiger partial charge in [0.2, 0.25) is 0 Å². The maximum absolute atomic E-state index is 14.0. The summed E-state index contributed by atoms with van der Waals surface area (Å²) in [5.41, 5.74) is 7.60. The van der Waals surface area contributed by atoms with Crippen LogP contribution >= 0.6 is 0 Å². The molecular weight excluding hydrogens is 259 g/mol. The summed E-state index contributed by atoms with van der Waals surface area (Å²) >= 11 is 0. The summed E-state index contributed by atoms with van der Waals surface area (Å²) in [5.74, 6) is 0.455. The Morgan fingerprint density at radius 2 is 2.15 bits per heavy atom. The average molecular weight is 276 g/mol. The topological polar surface area (TPSA) is 73.1 Å². The van der Waals surface area contributed by atoms with Crippen LogP contribution in [0.2, 0.25) is 0 Å². The molecule has 0 spiro atoms. The van der Waals surface area contributed by atoms with E-state index in [4.69, 9.17) is 10.5 Å². The minimum absolute atomic E-state index is 0.182. The number of hydrogen-bond acceptors (Lipinski definition) is 5. The molecule has 0 atom stereocenters. The van der Waals surface area contributed by atoms with E-state index in [2.05, 4.69) is 15.3 Å². The number of rotatable bonds is 5. The number of anilines is 2. The van der Waals surface area contributed by atoms with Crippen LogP contribution in [0.15, 0.2) is 24.5 Å². The fourth-order valence-corrected chi connectivity index (χ4v) is 1.89. The minimum atomic E-state index is -0.419. The van der Waals surface area contributed by atoms with Crippen LogP contribution in [0.25, 0.3) is 0 Å². The lowest BCUT2D eigenvalue weighted by atomic mass is 10.1. The zero-order valence-corrected chi connectivity index (χ0v) is 11.5. The van der Waals surface area contributed by atoms with E-state index >= 15 is 0 Å². The Bertz CT molecular complexity index is 604. The largest absolute Gasteiger partial charge is 0.496 e. The number of aryl methyl sites for hydroxylation is 1. The molecule has 0 radical (unpaired) electrons. The molecule has 2 rings (SSSR count). The Hall–Kier alpha value is -2.37. The Balaban J connectivity index is 2.19. The van der Waals surface area contributed by atoms with Crippen LogP contribution in [0.3, 0.4) is 0 Å². The molecule has 5 nitrogen and oxygen atoms in total. The first kappa shape index (κ1) is 14.0. The third kappa shape index (κ3) is 2.96. The molecule has 0 aliphatic heterocycles. The number of halogens is 1. The number of ether oxygens (including phenoxy) is 1. The molecule has 0 aliphatic carbocycles. The second-order valence-electron chi connectivity index (χ2n) is 4.26. The number of nitrogens with two attached hydrogens (primary N) is 1. The molecule has 0 saturated carbocycles. The molecule has 2 aromatic rings. The first-order valence-electron chi connectivity index (χ1n) is 6.31. The summed E-state index contributed by atoms with van der Waals surface area (Å²) in [6.07, 6.45) is 1.87. The summed E-state index contributed by atoms with van der Waals surface area (Å²) in [5, 5.41) is 2.94. The molecule has 20 heavy (non-hydrogen) atoms. The number of nitrogen functional groups attached to an aromatic ring is 1. The summed E-state index contributed by atoms with van der Waals surface area (Å²) < 4.78 is 19.2. The Labute approximate surface area is 117 Å². The van der Waals surface area contributed by atoms with Gasteiger partial charge in [-0.05, 0) is 24.6 Å². The molecule has 3 N–H and O–H groups in total. The molecule has 0 aliphatic rings. The average Bonchev–Trinajstić information content (AvgIpc) is 2.46. The van der Waals surface area contributed by atoms with Crippen molar-refractivity contribution in [1.82, 2.24) is 9.97 Å². The van der Waals surface area contributed by atoms with Gasteiger partial charge in [-0.15, -0.1) is 0 Å². The SMILES string of the molecule is CCc1ncnc(NCc2cc(N)ccc2OC)c1F. The van der Waals surface area contributed by atoms with Gasteiger partial charge in [0.15, 0.2) is 11.6 Å². The van der Waals surface area contributed by atoms with Crippen molar-refractivity contribution < 1.29 is 9.13 Å². The Kier molecular flexibility index (Phi) is 4.34. The van der Waals surface area contributed by atoms with Crippen LogP contribution in [0.1, 0.15) is 18.2 Å². The van der Waals surface area contributed by atoms with Crippen molar-refractivity contribution >= 4 is 11.5 Å². The Morgan fingerprint density at radius 3 is 2.85 bits per heavy atom. The zero-order valence-electron chi connectivity index (χ0n) is 11.5. The summed E-state index contributed by atoms with van der Waals surface area (Å²) in [6.45, 7) is 2.21. The number of hydrogen-bond donors (Lipinski definition) is 2. The van der Waals surface area contributed by atoms with Gasteiger partial charge in [-0.25, -0.2) is 14.4 Å². The van der Waals surface area contributed by atoms with Crippen molar-refractivity contribution in [2.75, 3.05) is 18.2 Å². The fourth-order valence-electron chi connectivity index (χ4n) is 1.89. The van der Waals surface area contributed by atoms with E-state index in [1.165, 1.54) is 6.33 Å². The predicted octanol–water partition coefficient (Wildman–Crippen LogP) is 2.38. The standard InChI is InChI=1S/C14H17FN4O/c1-3-11-13(15)14(19-8-18-11)17-7-9-6-10(16)4-5-12(9)20-2/h4-6,8H,3,7,16H2,1-2H3,(H,17,18,19). The summed E-state index contributed by atoms with van der Waals surface area (Å²) in [6, 6.07) is 5.31. The van der Waals surface area contributed by atoms with Gasteiger partial charge in [0.25, 0.3) is 0 Å². The van der Waals surface area contributed by atoms with Crippen molar-refractivity contribution in [2.24, 2.45) is 0 Å². The van der Waals surface area contributed by atoms with Crippen LogP contribution in [-0.2, 0) is 13.0 Å². The van der Waals surface area contributed by atoms with Crippen LogP contribution in [0.5, 0.6) is 5.75 Å². The van der Waals surface area contributed by atoms with Gasteiger partial charge < -0.3 is 15.8 Å². The molecular formula is C14H17FN4O. The highest BCUT2D eigenvalue weighted by atomic mass is 19.1. The van der Waals surface area contributed by atoms with E-state index in [1.54, 1.807) is 25.3 Å². The van der Waals surface area contributed by atoms with Gasteiger partial charge in [-0.2, -0.15) is 0 Å². The van der Waals surface area contributed by atoms with E-state index in [9.17, 15) is 4.39 Å². The molecule has 1 heterocycles. The molecule has 6 heteroatoms. The third-order valence-electron chi connectivity index (χ3n) is 2.95. The fraction of sp³-hybridized carbons (Fsp3) is 0.286. The van der Waals surface area contributed by atoms with Gasteiger partial charge >= 0.3 is 0 Å². The van der Waals surface area contributed by atoms with Crippen LogP contribution < -0.4 is 15.8 Å². The first-order chi connectivity index (χ1) is 9.65. The smallest absolute Gasteiger partial charge is 0.186 e. The van der Waals surface area contributed by atoms with Crippen molar-refractivity contribution in [3.63, 3.8) is 0 Å². The normalized spacial score (nSPS) is 10.3. The first-order valence-corrected chi connectivity index (χ1v) is 6.31. The molecule has 0 fully saturated rings. The summed E-state index contributed by atoms with van der Waals surface area (Å²) in [4.78, 5) is 7.80. The number of benzene rings is 1. The van der Waals surface area contributed by atoms with Crippen LogP contribution in [0.4, 0.5) is 15.9 Å². The van der Waals surface area contributed by atoms with Gasteiger partial charge in [-0.3, -0.25) is 0 Å². The number of methoxy groups -OCH3 is 1. The van der Waals surface area contributed by atoms with Gasteiger partial charge in [-0.1, -0.05) is 6.92 Å². The summed E-state index contributed by atoms with van der Waals surface area (Å²) in [7, 11) is 1.58. The third-order valence-corrected chi connectivity index (χ3v) is 2.95. The minimum Gasteiger partial charge on any atom is -0.496 e. The van der Waals surface area contributed by atoms with Crippen molar-refractivity contribution in [3.05, 3.63) is 41.6 Å². The number of aromatic nitrogens is 2. The van der Waals surface area contributed by atoms with Gasteiger partial charge in [0, 0.05) is 17.8 Å². The van der Waals surface area contributed by atoms with Gasteiger partial charge in [0.05, 0.1) is 12.8 Å². The maximum atomic E-state index is 14.0. The van der Waals surface area contributed by atoms with Crippen molar-refractivity contribution in [3.8, 4) is 5.75 Å². The van der Waals surface area contributed by atoms with Crippen LogP contribution in [0, 0.1) is 5.82 Å². The lowest BCUT2D eigenvalue weighted by Gasteiger charge is -2.12. The van der Waals surface area contributed by atoms with E-state index < -0.39 is 5.82 Å². The predicted molar refractivity (Wildman–Crippen MR) is 76.1 cm³/mol. The lowest BCUT2D eigenvalue weighted by molar-refractivity contribution is 0.410. The molecule has 0 amide bonds. The molecule has 0 unspecified atom stereocenters. The molecule has 0 bridgehead atoms. The van der Waals surface area contributed by atoms with Gasteiger partial charge in [0.1, 0.15) is 12.1 Å². The zero-order chi connectivity index (χ0) is 14.5. The molecule has 0 saturated heterocycles. The quantitative estimate of drug-likeness (QED) is 0.820. The maximum Gasteiger partial charge on any atom is 0.186 e. The second kappa shape index (κ2) is 6.18. The van der Waals surface area contributed by atoms with Crippen LogP contribution in [-0.4, -0.2) is 17.1 Å². The highest BCUT2D eigenvalue weighted by molar-refractivity contribution is 5.49. The van der Waals surface area contributed by atoms with E-state index in [0.717, 1.165) is 5.56 Å². The highest BCUT2D eigenvalue weighted by Crippen LogP contribution is 2.22.